The Hall–Kier alpha value is -3.10. The molecule has 3 aromatic rings. The van der Waals surface area contributed by atoms with Crippen LogP contribution in [-0.2, 0) is 11.3 Å². The summed E-state index contributed by atoms with van der Waals surface area (Å²) in [5.41, 5.74) is 3.11. The monoisotopic (exact) mass is 483 g/mol. The molecule has 2 amide bonds. The minimum absolute atomic E-state index is 0.154. The van der Waals surface area contributed by atoms with Crippen LogP contribution in [0.25, 0.3) is 0 Å². The van der Waals surface area contributed by atoms with Gasteiger partial charge in [0.25, 0.3) is 5.91 Å². The molecule has 1 atom stereocenters. The lowest BCUT2D eigenvalue weighted by Gasteiger charge is -2.16. The molecule has 0 aliphatic heterocycles. The number of anilines is 1. The van der Waals surface area contributed by atoms with Crippen molar-refractivity contribution in [1.29, 1.82) is 0 Å². The molecular weight excluding hydrogens is 458 g/mol. The minimum atomic E-state index is -0.385. The lowest BCUT2D eigenvalue weighted by Crippen LogP contribution is -2.29. The molecule has 0 unspecified atom stereocenters. The van der Waals surface area contributed by atoms with Gasteiger partial charge in [0.15, 0.2) is 11.0 Å². The highest BCUT2D eigenvalue weighted by Gasteiger charge is 2.21. The van der Waals surface area contributed by atoms with Gasteiger partial charge in [-0.2, -0.15) is 0 Å². The van der Waals surface area contributed by atoms with Gasteiger partial charge in [-0.15, -0.1) is 16.8 Å². The Bertz CT molecular complexity index is 1180. The maximum absolute atomic E-state index is 12.7. The second-order valence-electron chi connectivity index (χ2n) is 7.55. The number of carbonyl (C=O) groups excluding carboxylic acids is 2. The molecule has 9 heteroatoms. The molecule has 2 aromatic carbocycles. The second-order valence-corrected chi connectivity index (χ2v) is 8.93. The lowest BCUT2D eigenvalue weighted by molar-refractivity contribution is -0.113. The Morgan fingerprint density at radius 2 is 1.94 bits per heavy atom. The molecule has 0 bridgehead atoms. The highest BCUT2D eigenvalue weighted by Crippen LogP contribution is 2.23. The van der Waals surface area contributed by atoms with E-state index in [1.807, 2.05) is 43.5 Å². The predicted molar refractivity (Wildman–Crippen MR) is 133 cm³/mol. The quantitative estimate of drug-likeness (QED) is 0.332. The summed E-state index contributed by atoms with van der Waals surface area (Å²) in [5, 5.41) is 15.6. The fourth-order valence-corrected chi connectivity index (χ4v) is 4.26. The number of benzene rings is 2. The Balaban J connectivity index is 1.68. The number of rotatable bonds is 9. The average molecular weight is 484 g/mol. The van der Waals surface area contributed by atoms with Crippen molar-refractivity contribution in [1.82, 2.24) is 20.1 Å². The van der Waals surface area contributed by atoms with Crippen molar-refractivity contribution in [3.05, 3.63) is 82.7 Å². The number of carbonyl (C=O) groups is 2. The van der Waals surface area contributed by atoms with E-state index in [-0.39, 0.29) is 23.6 Å². The summed E-state index contributed by atoms with van der Waals surface area (Å²) < 4.78 is 1.85. The summed E-state index contributed by atoms with van der Waals surface area (Å²) >= 11 is 7.24. The molecule has 0 radical (unpaired) electrons. The fraction of sp³-hybridized carbons (Fsp3) is 0.250. The highest BCUT2D eigenvalue weighted by atomic mass is 35.5. The van der Waals surface area contributed by atoms with E-state index in [0.29, 0.717) is 33.8 Å². The molecule has 33 heavy (non-hydrogen) atoms. The molecule has 0 saturated heterocycles. The summed E-state index contributed by atoms with van der Waals surface area (Å²) in [6.07, 6.45) is 1.73. The van der Waals surface area contributed by atoms with Gasteiger partial charge in [-0.3, -0.25) is 9.59 Å². The average Bonchev–Trinajstić information content (AvgIpc) is 3.17. The molecule has 7 nitrogen and oxygen atoms in total. The number of aromatic nitrogens is 3. The first kappa shape index (κ1) is 24.5. The number of amides is 2. The number of hydrogen-bond acceptors (Lipinski definition) is 5. The van der Waals surface area contributed by atoms with Gasteiger partial charge in [0.05, 0.1) is 11.8 Å². The first-order valence-electron chi connectivity index (χ1n) is 10.4. The van der Waals surface area contributed by atoms with Gasteiger partial charge in [0.1, 0.15) is 0 Å². The van der Waals surface area contributed by atoms with Crippen LogP contribution in [0.3, 0.4) is 0 Å². The summed E-state index contributed by atoms with van der Waals surface area (Å²) in [5.74, 6) is 0.399. The maximum atomic E-state index is 12.7. The van der Waals surface area contributed by atoms with Crippen LogP contribution in [0.1, 0.15) is 40.3 Å². The van der Waals surface area contributed by atoms with E-state index in [9.17, 15) is 9.59 Å². The molecule has 0 aliphatic rings. The number of thioether (sulfide) groups is 1. The molecule has 1 heterocycles. The predicted octanol–water partition coefficient (Wildman–Crippen LogP) is 4.96. The van der Waals surface area contributed by atoms with Gasteiger partial charge in [0, 0.05) is 22.8 Å². The topological polar surface area (TPSA) is 88.9 Å². The van der Waals surface area contributed by atoms with Gasteiger partial charge in [-0.05, 0) is 56.2 Å². The number of aryl methyl sites for hydroxylation is 2. The van der Waals surface area contributed by atoms with E-state index in [1.165, 1.54) is 11.8 Å². The summed E-state index contributed by atoms with van der Waals surface area (Å²) in [6, 6.07) is 12.3. The maximum Gasteiger partial charge on any atom is 0.252 e. The third-order valence-corrected chi connectivity index (χ3v) is 6.18. The van der Waals surface area contributed by atoms with Crippen LogP contribution < -0.4 is 10.6 Å². The standard InChI is InChI=1S/C24H26ClN5O2S/c1-5-12-30-22(17(4)26-23(32)19-9-7-6-8-15(19)2)28-29-24(30)33-14-21(31)27-20-11-10-18(25)13-16(20)3/h5-11,13,17H,1,12,14H2,2-4H3,(H,26,32)(H,27,31)/t17-/m0/s1. The first-order chi connectivity index (χ1) is 15.8. The normalized spacial score (nSPS) is 11.6. The van der Waals surface area contributed by atoms with Gasteiger partial charge in [-0.1, -0.05) is 47.6 Å². The number of nitrogens with zero attached hydrogens (tertiary/aromatic N) is 3. The third kappa shape index (κ3) is 6.24. The van der Waals surface area contributed by atoms with Crippen LogP contribution in [0.5, 0.6) is 0 Å². The van der Waals surface area contributed by atoms with E-state index in [1.54, 1.807) is 30.3 Å². The first-order valence-corrected chi connectivity index (χ1v) is 11.8. The second kappa shape index (κ2) is 11.2. The van der Waals surface area contributed by atoms with Crippen LogP contribution in [0, 0.1) is 13.8 Å². The molecule has 1 aromatic heterocycles. The Morgan fingerprint density at radius 1 is 1.18 bits per heavy atom. The molecule has 0 spiro atoms. The van der Waals surface area contributed by atoms with Crippen molar-refractivity contribution in [2.24, 2.45) is 0 Å². The SMILES string of the molecule is C=CCn1c(SCC(=O)Nc2ccc(Cl)cc2C)nnc1[C@H](C)NC(=O)c1ccccc1C. The van der Waals surface area contributed by atoms with E-state index in [0.717, 1.165) is 11.1 Å². The zero-order valence-electron chi connectivity index (χ0n) is 18.8. The number of nitrogens with one attached hydrogen (secondary N) is 2. The van der Waals surface area contributed by atoms with Crippen molar-refractivity contribution in [3.8, 4) is 0 Å². The third-order valence-electron chi connectivity index (χ3n) is 4.98. The van der Waals surface area contributed by atoms with Crippen LogP contribution in [0.15, 0.2) is 60.3 Å². The van der Waals surface area contributed by atoms with Crippen molar-refractivity contribution in [2.75, 3.05) is 11.1 Å². The fourth-order valence-electron chi connectivity index (χ4n) is 3.28. The smallest absolute Gasteiger partial charge is 0.252 e. The minimum Gasteiger partial charge on any atom is -0.342 e. The molecule has 2 N–H and O–H groups in total. The Labute approximate surface area is 202 Å². The van der Waals surface area contributed by atoms with Gasteiger partial charge >= 0.3 is 0 Å². The van der Waals surface area contributed by atoms with E-state index < -0.39 is 0 Å². The van der Waals surface area contributed by atoms with E-state index >= 15 is 0 Å². The molecule has 3 rings (SSSR count). The van der Waals surface area contributed by atoms with Crippen molar-refractivity contribution >= 4 is 40.9 Å². The Morgan fingerprint density at radius 3 is 2.64 bits per heavy atom. The van der Waals surface area contributed by atoms with Crippen molar-refractivity contribution < 1.29 is 9.59 Å². The Kier molecular flexibility index (Phi) is 8.30. The van der Waals surface area contributed by atoms with Crippen LogP contribution >= 0.6 is 23.4 Å². The van der Waals surface area contributed by atoms with Crippen molar-refractivity contribution in [3.63, 3.8) is 0 Å². The summed E-state index contributed by atoms with van der Waals surface area (Å²) in [7, 11) is 0. The van der Waals surface area contributed by atoms with Crippen LogP contribution in [0.2, 0.25) is 5.02 Å². The van der Waals surface area contributed by atoms with Crippen LogP contribution in [0.4, 0.5) is 5.69 Å². The molecule has 0 fully saturated rings. The van der Waals surface area contributed by atoms with Gasteiger partial charge in [0.2, 0.25) is 5.91 Å². The zero-order valence-corrected chi connectivity index (χ0v) is 20.3. The van der Waals surface area contributed by atoms with E-state index in [2.05, 4.69) is 27.4 Å². The van der Waals surface area contributed by atoms with Crippen molar-refractivity contribution in [2.45, 2.75) is 38.5 Å². The molecule has 0 saturated carbocycles. The molecule has 172 valence electrons. The molecular formula is C24H26ClN5O2S. The highest BCUT2D eigenvalue weighted by molar-refractivity contribution is 7.99. The number of allylic oxidation sites excluding steroid dienone is 1. The number of halogens is 1. The summed E-state index contributed by atoms with van der Waals surface area (Å²) in [4.78, 5) is 25.2. The lowest BCUT2D eigenvalue weighted by atomic mass is 10.1. The largest absolute Gasteiger partial charge is 0.342 e. The summed E-state index contributed by atoms with van der Waals surface area (Å²) in [6.45, 7) is 9.88. The van der Waals surface area contributed by atoms with Crippen LogP contribution in [-0.4, -0.2) is 32.3 Å². The van der Waals surface area contributed by atoms with Gasteiger partial charge in [-0.25, -0.2) is 0 Å². The van der Waals surface area contributed by atoms with Gasteiger partial charge < -0.3 is 15.2 Å². The zero-order chi connectivity index (χ0) is 24.0. The number of hydrogen-bond donors (Lipinski definition) is 2. The molecule has 0 aliphatic carbocycles. The van der Waals surface area contributed by atoms with E-state index in [4.69, 9.17) is 11.6 Å².